The molecule has 26 heavy (non-hydrogen) atoms. The summed E-state index contributed by atoms with van der Waals surface area (Å²) in [4.78, 5) is 24.2. The summed E-state index contributed by atoms with van der Waals surface area (Å²) in [7, 11) is 0. The summed E-state index contributed by atoms with van der Waals surface area (Å²) in [6, 6.07) is 8.73. The lowest BCUT2D eigenvalue weighted by atomic mass is 9.50. The van der Waals surface area contributed by atoms with Gasteiger partial charge in [0.05, 0.1) is 11.1 Å². The first kappa shape index (κ1) is 17.3. The lowest BCUT2D eigenvalue weighted by molar-refractivity contribution is -0.131. The normalized spacial score (nSPS) is 32.7. The highest BCUT2D eigenvalue weighted by Crippen LogP contribution is 2.58. The van der Waals surface area contributed by atoms with E-state index >= 15 is 0 Å². The Morgan fingerprint density at radius 2 is 1.38 bits per heavy atom. The monoisotopic (exact) mass is 352 g/mol. The maximum absolute atomic E-state index is 12.9. The van der Waals surface area contributed by atoms with Crippen molar-refractivity contribution in [2.24, 2.45) is 16.9 Å². The molecule has 4 heteroatoms. The number of fused-ring (bicyclic) bond motifs is 3. The average Bonchev–Trinajstić information content (AvgIpc) is 3.49. The summed E-state index contributed by atoms with van der Waals surface area (Å²) >= 11 is 0. The van der Waals surface area contributed by atoms with Crippen LogP contribution in [0.1, 0.15) is 69.4 Å². The molecule has 0 saturated heterocycles. The van der Waals surface area contributed by atoms with Crippen LogP contribution in [0.2, 0.25) is 0 Å². The molecule has 4 aliphatic carbocycles. The lowest BCUT2D eigenvalue weighted by Gasteiger charge is -2.53. The Balaban J connectivity index is 1.54. The summed E-state index contributed by atoms with van der Waals surface area (Å²) in [5.74, 6) is 0.0582. The van der Waals surface area contributed by atoms with Crippen LogP contribution >= 0.6 is 0 Å². The van der Waals surface area contributed by atoms with Crippen molar-refractivity contribution in [3.05, 3.63) is 46.8 Å². The summed E-state index contributed by atoms with van der Waals surface area (Å²) in [6.07, 6.45) is 8.79. The molecule has 1 aromatic carbocycles. The standard InChI is InChI=1S/C22H28N2O2/c1-15(23)18(24)19(26)21-9-6-20(7-10-21,8-11-21)16-2-4-17(5-3-16)22(14-25)12-13-22/h2-5,14H,6-13,23-24H2,1H3. The van der Waals surface area contributed by atoms with Crippen LogP contribution in [-0.2, 0) is 20.4 Å². The maximum atomic E-state index is 12.9. The molecule has 138 valence electrons. The number of hydrogen-bond acceptors (Lipinski definition) is 4. The lowest BCUT2D eigenvalue weighted by Crippen LogP contribution is -2.49. The molecule has 0 spiro atoms. The van der Waals surface area contributed by atoms with Gasteiger partial charge in [-0.05, 0) is 74.8 Å². The summed E-state index contributed by atoms with van der Waals surface area (Å²) in [5.41, 5.74) is 14.6. The van der Waals surface area contributed by atoms with Crippen LogP contribution in [0.25, 0.3) is 0 Å². The number of allylic oxidation sites excluding steroid dienone is 2. The molecule has 0 unspecified atom stereocenters. The quantitative estimate of drug-likeness (QED) is 0.629. The molecule has 4 fully saturated rings. The van der Waals surface area contributed by atoms with Crippen molar-refractivity contribution in [3.63, 3.8) is 0 Å². The second kappa shape index (κ2) is 5.70. The molecule has 2 bridgehead atoms. The SMILES string of the molecule is CC(N)=C(N)C(=O)C12CCC(c3ccc(C4(C=O)CC4)cc3)(CC1)CC2. The van der Waals surface area contributed by atoms with E-state index in [1.54, 1.807) is 6.92 Å². The van der Waals surface area contributed by atoms with Crippen molar-refractivity contribution in [1.82, 2.24) is 0 Å². The van der Waals surface area contributed by atoms with Gasteiger partial charge in [0.1, 0.15) is 6.29 Å². The van der Waals surface area contributed by atoms with Crippen LogP contribution in [0.5, 0.6) is 0 Å². The Bertz CT molecular complexity index is 758. The molecule has 4 saturated carbocycles. The van der Waals surface area contributed by atoms with Gasteiger partial charge in [0.15, 0.2) is 5.78 Å². The number of carbonyl (C=O) groups excluding carboxylic acids is 2. The number of ketones is 1. The van der Waals surface area contributed by atoms with Gasteiger partial charge in [-0.15, -0.1) is 0 Å². The van der Waals surface area contributed by atoms with E-state index in [9.17, 15) is 9.59 Å². The second-order valence-corrected chi connectivity index (χ2v) is 8.84. The van der Waals surface area contributed by atoms with Crippen LogP contribution in [0.4, 0.5) is 0 Å². The number of nitrogens with two attached hydrogens (primary N) is 2. The number of benzene rings is 1. The Morgan fingerprint density at radius 1 is 0.885 bits per heavy atom. The minimum Gasteiger partial charge on any atom is -0.401 e. The average molecular weight is 352 g/mol. The van der Waals surface area contributed by atoms with Crippen LogP contribution in [0.3, 0.4) is 0 Å². The fourth-order valence-electron chi connectivity index (χ4n) is 5.19. The molecule has 0 heterocycles. The van der Waals surface area contributed by atoms with Crippen LogP contribution in [0, 0.1) is 5.41 Å². The Kier molecular flexibility index (Phi) is 3.80. The topological polar surface area (TPSA) is 86.2 Å². The zero-order valence-electron chi connectivity index (χ0n) is 15.5. The molecule has 4 N–H and O–H groups in total. The molecule has 5 rings (SSSR count). The summed E-state index contributed by atoms with van der Waals surface area (Å²) in [5, 5.41) is 0. The van der Waals surface area contributed by atoms with E-state index in [2.05, 4.69) is 24.3 Å². The van der Waals surface area contributed by atoms with Gasteiger partial charge >= 0.3 is 0 Å². The van der Waals surface area contributed by atoms with E-state index in [1.807, 2.05) is 0 Å². The van der Waals surface area contributed by atoms with Gasteiger partial charge in [-0.2, -0.15) is 0 Å². The predicted octanol–water partition coefficient (Wildman–Crippen LogP) is 3.23. The third-order valence-corrected chi connectivity index (χ3v) is 7.48. The molecule has 1 aromatic rings. The molecular formula is C22H28N2O2. The highest BCUT2D eigenvalue weighted by atomic mass is 16.1. The number of rotatable bonds is 5. The smallest absolute Gasteiger partial charge is 0.186 e. The highest BCUT2D eigenvalue weighted by Gasteiger charge is 2.53. The Labute approximate surface area is 155 Å². The van der Waals surface area contributed by atoms with Crippen molar-refractivity contribution in [3.8, 4) is 0 Å². The third kappa shape index (κ3) is 2.42. The van der Waals surface area contributed by atoms with Crippen molar-refractivity contribution in [1.29, 1.82) is 0 Å². The molecule has 0 aromatic heterocycles. The number of aldehydes is 1. The van der Waals surface area contributed by atoms with Crippen LogP contribution < -0.4 is 11.5 Å². The van der Waals surface area contributed by atoms with Gasteiger partial charge in [-0.25, -0.2) is 0 Å². The molecule has 4 nitrogen and oxygen atoms in total. The molecule has 0 aliphatic heterocycles. The maximum Gasteiger partial charge on any atom is 0.186 e. The van der Waals surface area contributed by atoms with Crippen LogP contribution in [0.15, 0.2) is 35.7 Å². The first-order valence-electron chi connectivity index (χ1n) is 9.71. The van der Waals surface area contributed by atoms with Gasteiger partial charge in [0.25, 0.3) is 0 Å². The molecule has 0 atom stereocenters. The van der Waals surface area contributed by atoms with Gasteiger partial charge in [-0.1, -0.05) is 24.3 Å². The van der Waals surface area contributed by atoms with E-state index in [0.29, 0.717) is 5.70 Å². The van der Waals surface area contributed by atoms with E-state index in [4.69, 9.17) is 11.5 Å². The summed E-state index contributed by atoms with van der Waals surface area (Å²) in [6.45, 7) is 1.70. The van der Waals surface area contributed by atoms with Crippen molar-refractivity contribution >= 4 is 12.1 Å². The van der Waals surface area contributed by atoms with Crippen molar-refractivity contribution in [2.45, 2.75) is 69.1 Å². The fraction of sp³-hybridized carbons (Fsp3) is 0.545. The minimum atomic E-state index is -0.304. The second-order valence-electron chi connectivity index (χ2n) is 8.84. The molecular weight excluding hydrogens is 324 g/mol. The summed E-state index contributed by atoms with van der Waals surface area (Å²) < 4.78 is 0. The van der Waals surface area contributed by atoms with Gasteiger partial charge in [-0.3, -0.25) is 4.79 Å². The zero-order chi connectivity index (χ0) is 18.6. The van der Waals surface area contributed by atoms with Crippen LogP contribution in [-0.4, -0.2) is 12.1 Å². The van der Waals surface area contributed by atoms with E-state index in [0.717, 1.165) is 63.2 Å². The number of hydrogen-bond donors (Lipinski definition) is 2. The highest BCUT2D eigenvalue weighted by molar-refractivity contribution is 5.99. The predicted molar refractivity (Wildman–Crippen MR) is 101 cm³/mol. The van der Waals surface area contributed by atoms with Gasteiger partial charge in [0, 0.05) is 11.1 Å². The Morgan fingerprint density at radius 3 is 1.81 bits per heavy atom. The van der Waals surface area contributed by atoms with Gasteiger partial charge in [0.2, 0.25) is 0 Å². The van der Waals surface area contributed by atoms with Crippen molar-refractivity contribution in [2.75, 3.05) is 0 Å². The van der Waals surface area contributed by atoms with E-state index in [1.165, 1.54) is 5.56 Å². The first-order chi connectivity index (χ1) is 12.4. The van der Waals surface area contributed by atoms with E-state index in [-0.39, 0.29) is 27.7 Å². The minimum absolute atomic E-state index is 0.0582. The molecule has 0 radical (unpaired) electrons. The zero-order valence-corrected chi connectivity index (χ0v) is 15.5. The van der Waals surface area contributed by atoms with E-state index < -0.39 is 0 Å². The Hall–Kier alpha value is -2.10. The van der Waals surface area contributed by atoms with Crippen molar-refractivity contribution < 1.29 is 9.59 Å². The van der Waals surface area contributed by atoms with Gasteiger partial charge < -0.3 is 16.3 Å². The third-order valence-electron chi connectivity index (χ3n) is 7.48. The molecule has 4 aliphatic rings. The fourth-order valence-corrected chi connectivity index (χ4v) is 5.19. The largest absolute Gasteiger partial charge is 0.401 e. The number of carbonyl (C=O) groups is 2. The molecule has 0 amide bonds. The number of Topliss-reactive ketones (excluding diaryl/α,β-unsaturated/α-hetero) is 1. The first-order valence-corrected chi connectivity index (χ1v) is 9.71.